The highest BCUT2D eigenvalue weighted by atomic mass is 16.5. The Labute approximate surface area is 221 Å². The fraction of sp³-hybridized carbons (Fsp3) is 0.233. The first-order chi connectivity index (χ1) is 18.1. The molecule has 3 aromatic rings. The minimum Gasteiger partial charge on any atom is -0.454 e. The number of ether oxygens (including phenoxy) is 2. The van der Waals surface area contributed by atoms with Gasteiger partial charge >= 0.3 is 11.9 Å². The predicted molar refractivity (Wildman–Crippen MR) is 141 cm³/mol. The summed E-state index contributed by atoms with van der Waals surface area (Å²) in [6.45, 7) is 4.90. The van der Waals surface area contributed by atoms with Gasteiger partial charge in [0.2, 0.25) is 17.5 Å². The van der Waals surface area contributed by atoms with E-state index in [1.54, 1.807) is 54.6 Å². The van der Waals surface area contributed by atoms with E-state index in [2.05, 4.69) is 5.32 Å². The molecule has 196 valence electrons. The Morgan fingerprint density at radius 2 is 1.18 bits per heavy atom. The third kappa shape index (κ3) is 7.96. The molecule has 3 rings (SSSR count). The molecule has 0 bridgehead atoms. The fourth-order valence-electron chi connectivity index (χ4n) is 3.51. The van der Waals surface area contributed by atoms with Crippen LogP contribution in [0.2, 0.25) is 0 Å². The van der Waals surface area contributed by atoms with Gasteiger partial charge in [-0.2, -0.15) is 0 Å². The van der Waals surface area contributed by atoms with E-state index in [9.17, 15) is 24.0 Å². The lowest BCUT2D eigenvalue weighted by Gasteiger charge is -2.13. The standard InChI is InChI=1S/C30H29NO7/c1-19-9-11-23(12-10-19)28(34)20(2)37-27(33)18-17-26(32)31-25-15-13-24(14-16-25)30(36)38-21(3)29(35)22-7-5-4-6-8-22/h4-16,20-21H,17-18H2,1-3H3,(H,31,32). The topological polar surface area (TPSA) is 116 Å². The number of anilines is 1. The summed E-state index contributed by atoms with van der Waals surface area (Å²) in [4.78, 5) is 61.6. The number of rotatable bonds is 11. The second kappa shape index (κ2) is 13.1. The lowest BCUT2D eigenvalue weighted by molar-refractivity contribution is -0.147. The smallest absolute Gasteiger partial charge is 0.338 e. The molecule has 0 spiro atoms. The first-order valence-electron chi connectivity index (χ1n) is 12.1. The van der Waals surface area contributed by atoms with Gasteiger partial charge in [0.05, 0.1) is 12.0 Å². The summed E-state index contributed by atoms with van der Waals surface area (Å²) >= 11 is 0. The van der Waals surface area contributed by atoms with Crippen molar-refractivity contribution in [1.82, 2.24) is 0 Å². The summed E-state index contributed by atoms with van der Waals surface area (Å²) < 4.78 is 10.4. The van der Waals surface area contributed by atoms with E-state index in [1.807, 2.05) is 6.92 Å². The molecular weight excluding hydrogens is 486 g/mol. The number of nitrogens with one attached hydrogen (secondary N) is 1. The number of hydrogen-bond acceptors (Lipinski definition) is 7. The van der Waals surface area contributed by atoms with Gasteiger partial charge < -0.3 is 14.8 Å². The van der Waals surface area contributed by atoms with Crippen LogP contribution >= 0.6 is 0 Å². The first-order valence-corrected chi connectivity index (χ1v) is 12.1. The summed E-state index contributed by atoms with van der Waals surface area (Å²) in [6, 6.07) is 21.4. The Kier molecular flexibility index (Phi) is 9.65. The second-order valence-corrected chi connectivity index (χ2v) is 8.77. The number of amides is 1. The van der Waals surface area contributed by atoms with Crippen molar-refractivity contribution < 1.29 is 33.4 Å². The largest absolute Gasteiger partial charge is 0.454 e. The van der Waals surface area contributed by atoms with Gasteiger partial charge in [0.1, 0.15) is 0 Å². The van der Waals surface area contributed by atoms with Gasteiger partial charge in [0.25, 0.3) is 0 Å². The lowest BCUT2D eigenvalue weighted by Crippen LogP contribution is -2.25. The molecule has 0 radical (unpaired) electrons. The van der Waals surface area contributed by atoms with Crippen molar-refractivity contribution in [3.8, 4) is 0 Å². The molecule has 0 saturated heterocycles. The lowest BCUT2D eigenvalue weighted by atomic mass is 10.1. The summed E-state index contributed by atoms with van der Waals surface area (Å²) in [6.07, 6.45) is -2.27. The van der Waals surface area contributed by atoms with Crippen LogP contribution in [0.15, 0.2) is 78.9 Å². The molecule has 1 N–H and O–H groups in total. The number of aryl methyl sites for hydroxylation is 1. The molecule has 2 unspecified atom stereocenters. The van der Waals surface area contributed by atoms with Crippen LogP contribution in [0.1, 0.15) is 63.3 Å². The van der Waals surface area contributed by atoms with Crippen LogP contribution in [-0.4, -0.2) is 41.6 Å². The van der Waals surface area contributed by atoms with Crippen LogP contribution in [0.5, 0.6) is 0 Å². The molecule has 0 heterocycles. The van der Waals surface area contributed by atoms with Crippen molar-refractivity contribution >= 4 is 35.1 Å². The van der Waals surface area contributed by atoms with Gasteiger partial charge in [0, 0.05) is 23.2 Å². The zero-order valence-electron chi connectivity index (χ0n) is 21.4. The highest BCUT2D eigenvalue weighted by molar-refractivity contribution is 6.02. The molecule has 0 aliphatic rings. The van der Waals surface area contributed by atoms with E-state index in [0.29, 0.717) is 16.8 Å². The van der Waals surface area contributed by atoms with Crippen molar-refractivity contribution in [3.05, 3.63) is 101 Å². The highest BCUT2D eigenvalue weighted by Gasteiger charge is 2.21. The van der Waals surface area contributed by atoms with Gasteiger partial charge in [-0.05, 0) is 45.0 Å². The number of ketones is 2. The van der Waals surface area contributed by atoms with E-state index >= 15 is 0 Å². The average Bonchev–Trinajstić information content (AvgIpc) is 2.92. The highest BCUT2D eigenvalue weighted by Crippen LogP contribution is 2.14. The summed E-state index contributed by atoms with van der Waals surface area (Å²) in [5.41, 5.74) is 2.53. The van der Waals surface area contributed by atoms with E-state index in [4.69, 9.17) is 9.47 Å². The number of hydrogen-bond donors (Lipinski definition) is 1. The van der Waals surface area contributed by atoms with Crippen molar-refractivity contribution in [3.63, 3.8) is 0 Å². The second-order valence-electron chi connectivity index (χ2n) is 8.77. The molecule has 2 atom stereocenters. The molecular formula is C30H29NO7. The normalized spacial score (nSPS) is 12.1. The molecule has 0 saturated carbocycles. The maximum absolute atomic E-state index is 12.4. The number of benzene rings is 3. The van der Waals surface area contributed by atoms with E-state index < -0.39 is 30.1 Å². The van der Waals surface area contributed by atoms with Crippen molar-refractivity contribution in [1.29, 1.82) is 0 Å². The van der Waals surface area contributed by atoms with E-state index in [-0.39, 0.29) is 30.0 Å². The maximum Gasteiger partial charge on any atom is 0.338 e. The first kappa shape index (κ1) is 28.0. The number of esters is 2. The molecule has 3 aromatic carbocycles. The zero-order chi connectivity index (χ0) is 27.7. The summed E-state index contributed by atoms with van der Waals surface area (Å²) in [5.74, 6) is -2.39. The van der Waals surface area contributed by atoms with Crippen LogP contribution in [0.3, 0.4) is 0 Å². The van der Waals surface area contributed by atoms with Gasteiger partial charge in [0.15, 0.2) is 12.2 Å². The van der Waals surface area contributed by atoms with Crippen molar-refractivity contribution in [2.24, 2.45) is 0 Å². The van der Waals surface area contributed by atoms with Gasteiger partial charge in [-0.25, -0.2) is 4.79 Å². The van der Waals surface area contributed by atoms with Crippen molar-refractivity contribution in [2.75, 3.05) is 5.32 Å². The Balaban J connectivity index is 1.43. The zero-order valence-corrected chi connectivity index (χ0v) is 21.4. The molecule has 0 aromatic heterocycles. The molecule has 38 heavy (non-hydrogen) atoms. The van der Waals surface area contributed by atoms with Gasteiger partial charge in [-0.1, -0.05) is 60.2 Å². The number of Topliss-reactive ketones (excluding diaryl/α,β-unsaturated/α-hetero) is 2. The van der Waals surface area contributed by atoms with E-state index in [1.165, 1.54) is 38.1 Å². The maximum atomic E-state index is 12.4. The average molecular weight is 516 g/mol. The summed E-state index contributed by atoms with van der Waals surface area (Å²) in [5, 5.41) is 2.63. The van der Waals surface area contributed by atoms with Crippen LogP contribution in [-0.2, 0) is 19.1 Å². The van der Waals surface area contributed by atoms with E-state index in [0.717, 1.165) is 5.56 Å². The molecule has 0 aliphatic carbocycles. The van der Waals surface area contributed by atoms with Gasteiger partial charge in [-0.15, -0.1) is 0 Å². The molecule has 1 amide bonds. The van der Waals surface area contributed by atoms with Gasteiger partial charge in [-0.3, -0.25) is 19.2 Å². The Morgan fingerprint density at radius 1 is 0.658 bits per heavy atom. The number of carbonyl (C=O) groups excluding carboxylic acids is 5. The predicted octanol–water partition coefficient (Wildman–Crippen LogP) is 4.96. The van der Waals surface area contributed by atoms with Crippen LogP contribution in [0.4, 0.5) is 5.69 Å². The molecule has 0 fully saturated rings. The molecule has 8 nitrogen and oxygen atoms in total. The Hall–Kier alpha value is -4.59. The molecule has 0 aliphatic heterocycles. The molecule has 8 heteroatoms. The SMILES string of the molecule is Cc1ccc(C(=O)C(C)OC(=O)CCC(=O)Nc2ccc(C(=O)OC(C)C(=O)c3ccccc3)cc2)cc1. The third-order valence-electron chi connectivity index (χ3n) is 5.69. The van der Waals surface area contributed by atoms with Crippen LogP contribution in [0, 0.1) is 6.92 Å². The third-order valence-corrected chi connectivity index (χ3v) is 5.69. The fourth-order valence-corrected chi connectivity index (χ4v) is 3.51. The Bertz CT molecular complexity index is 1300. The van der Waals surface area contributed by atoms with Crippen LogP contribution in [0.25, 0.3) is 0 Å². The number of carbonyl (C=O) groups is 5. The monoisotopic (exact) mass is 515 g/mol. The van der Waals surface area contributed by atoms with Crippen LogP contribution < -0.4 is 5.32 Å². The Morgan fingerprint density at radius 3 is 1.79 bits per heavy atom. The minimum atomic E-state index is -0.966. The van der Waals surface area contributed by atoms with Crippen molar-refractivity contribution in [2.45, 2.75) is 45.8 Å². The quantitative estimate of drug-likeness (QED) is 0.284. The summed E-state index contributed by atoms with van der Waals surface area (Å²) in [7, 11) is 0. The minimum absolute atomic E-state index is 0.146.